The fraction of sp³-hybridized carbons (Fsp3) is 0.348. The number of imide groups is 1. The van der Waals surface area contributed by atoms with E-state index in [1.54, 1.807) is 30.1 Å². The van der Waals surface area contributed by atoms with Crippen molar-refractivity contribution in [2.75, 3.05) is 20.2 Å². The first-order chi connectivity index (χ1) is 13.9. The summed E-state index contributed by atoms with van der Waals surface area (Å²) >= 11 is 0. The van der Waals surface area contributed by atoms with Crippen LogP contribution in [0.5, 0.6) is 0 Å². The lowest BCUT2D eigenvalue weighted by Crippen LogP contribution is -2.36. The predicted octanol–water partition coefficient (Wildman–Crippen LogP) is 3.04. The summed E-state index contributed by atoms with van der Waals surface area (Å²) in [5, 5.41) is 0. The molecule has 0 aromatic heterocycles. The van der Waals surface area contributed by atoms with Gasteiger partial charge >= 0.3 is 0 Å². The van der Waals surface area contributed by atoms with E-state index in [-0.39, 0.29) is 30.4 Å². The van der Waals surface area contributed by atoms with E-state index in [1.807, 2.05) is 31.2 Å². The zero-order valence-electron chi connectivity index (χ0n) is 16.7. The Hall–Kier alpha value is -2.99. The van der Waals surface area contributed by atoms with Gasteiger partial charge in [0.2, 0.25) is 0 Å². The van der Waals surface area contributed by atoms with Crippen molar-refractivity contribution in [2.45, 2.75) is 32.4 Å². The van der Waals surface area contributed by atoms with Gasteiger partial charge in [-0.3, -0.25) is 19.3 Å². The van der Waals surface area contributed by atoms with Gasteiger partial charge in [-0.1, -0.05) is 29.8 Å². The Labute approximate surface area is 170 Å². The molecule has 4 rings (SSSR count). The highest BCUT2D eigenvalue weighted by Gasteiger charge is 2.38. The summed E-state index contributed by atoms with van der Waals surface area (Å²) in [5.74, 6) is -0.852. The number of amides is 3. The lowest BCUT2D eigenvalue weighted by atomic mass is 10.0. The molecule has 0 N–H and O–H groups in total. The van der Waals surface area contributed by atoms with Crippen LogP contribution in [0.15, 0.2) is 42.5 Å². The van der Waals surface area contributed by atoms with Crippen LogP contribution in [0.1, 0.15) is 55.0 Å². The number of nitrogens with zero attached hydrogens (tertiary/aromatic N) is 2. The molecule has 0 aliphatic carbocycles. The molecule has 6 heteroatoms. The molecular formula is C23H24N2O4. The summed E-state index contributed by atoms with van der Waals surface area (Å²) in [7, 11) is 1.73. The summed E-state index contributed by atoms with van der Waals surface area (Å²) in [6.45, 7) is 3.42. The van der Waals surface area contributed by atoms with Gasteiger partial charge in [0, 0.05) is 25.8 Å². The molecule has 150 valence electrons. The number of hydrogen-bond donors (Lipinski definition) is 0. The van der Waals surface area contributed by atoms with Crippen LogP contribution in [0, 0.1) is 6.92 Å². The van der Waals surface area contributed by atoms with E-state index in [1.165, 1.54) is 4.90 Å². The van der Waals surface area contributed by atoms with Crippen LogP contribution in [0.4, 0.5) is 0 Å². The van der Waals surface area contributed by atoms with Crippen molar-refractivity contribution >= 4 is 17.7 Å². The van der Waals surface area contributed by atoms with Gasteiger partial charge in [-0.25, -0.2) is 0 Å². The second-order valence-corrected chi connectivity index (χ2v) is 7.76. The monoisotopic (exact) mass is 392 g/mol. The average molecular weight is 392 g/mol. The van der Waals surface area contributed by atoms with Gasteiger partial charge < -0.3 is 9.64 Å². The van der Waals surface area contributed by atoms with Crippen molar-refractivity contribution in [2.24, 2.45) is 0 Å². The van der Waals surface area contributed by atoms with Crippen molar-refractivity contribution in [1.29, 1.82) is 0 Å². The SMILES string of the molecule is Cc1ccc(CN(C)C(=O)c2ccc3c(c2)C(=O)N(CC2CCCO2)C3=O)cc1. The van der Waals surface area contributed by atoms with Gasteiger partial charge in [-0.05, 0) is 43.5 Å². The van der Waals surface area contributed by atoms with Crippen molar-refractivity contribution < 1.29 is 19.1 Å². The third kappa shape index (κ3) is 3.80. The molecule has 2 aromatic carbocycles. The van der Waals surface area contributed by atoms with Gasteiger partial charge in [0.25, 0.3) is 17.7 Å². The zero-order chi connectivity index (χ0) is 20.5. The average Bonchev–Trinajstić information content (AvgIpc) is 3.32. The highest BCUT2D eigenvalue weighted by Crippen LogP contribution is 2.26. The number of fused-ring (bicyclic) bond motifs is 1. The molecule has 2 aliphatic rings. The molecule has 0 radical (unpaired) electrons. The number of rotatable bonds is 5. The predicted molar refractivity (Wildman–Crippen MR) is 108 cm³/mol. The van der Waals surface area contributed by atoms with Crippen LogP contribution in [-0.2, 0) is 11.3 Å². The van der Waals surface area contributed by atoms with Gasteiger partial charge in [-0.2, -0.15) is 0 Å². The van der Waals surface area contributed by atoms with Crippen LogP contribution < -0.4 is 0 Å². The van der Waals surface area contributed by atoms with E-state index in [2.05, 4.69) is 0 Å². The number of carbonyl (C=O) groups excluding carboxylic acids is 3. The molecule has 0 bridgehead atoms. The van der Waals surface area contributed by atoms with Crippen molar-refractivity contribution in [3.8, 4) is 0 Å². The lowest BCUT2D eigenvalue weighted by Gasteiger charge is -2.18. The molecule has 0 spiro atoms. The van der Waals surface area contributed by atoms with Gasteiger partial charge in [0.05, 0.1) is 23.8 Å². The maximum Gasteiger partial charge on any atom is 0.261 e. The zero-order valence-corrected chi connectivity index (χ0v) is 16.7. The minimum Gasteiger partial charge on any atom is -0.376 e. The van der Waals surface area contributed by atoms with E-state index < -0.39 is 0 Å². The fourth-order valence-corrected chi connectivity index (χ4v) is 3.84. The molecule has 29 heavy (non-hydrogen) atoms. The van der Waals surface area contributed by atoms with Gasteiger partial charge in [0.1, 0.15) is 0 Å². The molecule has 1 unspecified atom stereocenters. The largest absolute Gasteiger partial charge is 0.376 e. The van der Waals surface area contributed by atoms with Crippen LogP contribution in [0.2, 0.25) is 0 Å². The Morgan fingerprint density at radius 3 is 2.52 bits per heavy atom. The van der Waals surface area contributed by atoms with Crippen molar-refractivity contribution in [3.05, 3.63) is 70.3 Å². The Morgan fingerprint density at radius 1 is 1.10 bits per heavy atom. The lowest BCUT2D eigenvalue weighted by molar-refractivity contribution is 0.0475. The molecule has 1 fully saturated rings. The molecule has 2 heterocycles. The Balaban J connectivity index is 1.50. The summed E-state index contributed by atoms with van der Waals surface area (Å²) < 4.78 is 5.56. The minimum atomic E-state index is -0.351. The minimum absolute atomic E-state index is 0.0982. The van der Waals surface area contributed by atoms with E-state index in [4.69, 9.17) is 4.74 Å². The molecule has 2 aromatic rings. The van der Waals surface area contributed by atoms with Crippen LogP contribution in [0.25, 0.3) is 0 Å². The summed E-state index contributed by atoms with van der Waals surface area (Å²) in [4.78, 5) is 41.1. The third-order valence-electron chi connectivity index (χ3n) is 5.51. The third-order valence-corrected chi connectivity index (χ3v) is 5.51. The summed E-state index contributed by atoms with van der Waals surface area (Å²) in [6.07, 6.45) is 1.69. The van der Waals surface area contributed by atoms with E-state index in [0.29, 0.717) is 29.8 Å². The first-order valence-electron chi connectivity index (χ1n) is 9.87. The van der Waals surface area contributed by atoms with E-state index >= 15 is 0 Å². The number of aryl methyl sites for hydroxylation is 1. The van der Waals surface area contributed by atoms with Crippen LogP contribution >= 0.6 is 0 Å². The van der Waals surface area contributed by atoms with Crippen molar-refractivity contribution in [1.82, 2.24) is 9.80 Å². The smallest absolute Gasteiger partial charge is 0.261 e. The molecular weight excluding hydrogens is 368 g/mol. The number of benzene rings is 2. The molecule has 3 amide bonds. The first-order valence-corrected chi connectivity index (χ1v) is 9.87. The maximum atomic E-state index is 12.9. The van der Waals surface area contributed by atoms with Gasteiger partial charge in [-0.15, -0.1) is 0 Å². The van der Waals surface area contributed by atoms with E-state index in [9.17, 15) is 14.4 Å². The highest BCUT2D eigenvalue weighted by molar-refractivity contribution is 6.22. The Kier molecular flexibility index (Phi) is 5.20. The highest BCUT2D eigenvalue weighted by atomic mass is 16.5. The number of hydrogen-bond acceptors (Lipinski definition) is 4. The number of carbonyl (C=O) groups is 3. The normalized spacial score (nSPS) is 18.3. The standard InChI is InChI=1S/C23H24N2O4/c1-15-5-7-16(8-6-15)13-24(2)21(26)17-9-10-19-20(12-17)23(28)25(22(19)27)14-18-4-3-11-29-18/h5-10,12,18H,3-4,11,13-14H2,1-2H3. The van der Waals surface area contributed by atoms with Gasteiger partial charge in [0.15, 0.2) is 0 Å². The molecule has 1 atom stereocenters. The summed E-state index contributed by atoms with van der Waals surface area (Å²) in [5.41, 5.74) is 3.24. The van der Waals surface area contributed by atoms with Crippen LogP contribution in [-0.4, -0.2) is 53.8 Å². The number of ether oxygens (including phenoxy) is 1. The van der Waals surface area contributed by atoms with Crippen LogP contribution in [0.3, 0.4) is 0 Å². The fourth-order valence-electron chi connectivity index (χ4n) is 3.84. The molecule has 1 saturated heterocycles. The molecule has 2 aliphatic heterocycles. The van der Waals surface area contributed by atoms with Crippen molar-refractivity contribution in [3.63, 3.8) is 0 Å². The molecule has 6 nitrogen and oxygen atoms in total. The first kappa shape index (κ1) is 19.3. The maximum absolute atomic E-state index is 12.9. The quantitative estimate of drug-likeness (QED) is 0.734. The topological polar surface area (TPSA) is 66.9 Å². The Morgan fingerprint density at radius 2 is 1.83 bits per heavy atom. The van der Waals surface area contributed by atoms with E-state index in [0.717, 1.165) is 24.0 Å². The second kappa shape index (κ2) is 7.79. The molecule has 0 saturated carbocycles. The second-order valence-electron chi connectivity index (χ2n) is 7.76. The summed E-state index contributed by atoms with van der Waals surface area (Å²) in [6, 6.07) is 12.7. The Bertz CT molecular complexity index is 961.